The van der Waals surface area contributed by atoms with Gasteiger partial charge in [0, 0.05) is 16.0 Å². The van der Waals surface area contributed by atoms with Gasteiger partial charge in [0.25, 0.3) is 0 Å². The molecule has 0 atom stereocenters. The van der Waals surface area contributed by atoms with Crippen molar-refractivity contribution >= 4 is 11.8 Å². The number of hydrogen-bond acceptors (Lipinski definition) is 3. The van der Waals surface area contributed by atoms with Gasteiger partial charge < -0.3 is 10.2 Å². The lowest BCUT2D eigenvalue weighted by atomic mass is 9.94. The highest BCUT2D eigenvalue weighted by Gasteiger charge is 2.16. The van der Waals surface area contributed by atoms with Crippen LogP contribution >= 0.6 is 11.8 Å². The maximum Gasteiger partial charge on any atom is 0.127 e. The van der Waals surface area contributed by atoms with Crippen molar-refractivity contribution in [2.24, 2.45) is 0 Å². The fourth-order valence-corrected chi connectivity index (χ4v) is 3.20. The standard InChI is InChI=1S/C19H20O2S/c1-4-6-15-16(7-5-2)19(21)17(12-18(15)22-3)13-8-10-14(20)11-9-13/h4-5,8-12,20-21H,1-2,6-7H2,3H3. The number of rotatable bonds is 6. The first kappa shape index (κ1) is 16.2. The van der Waals surface area contributed by atoms with Gasteiger partial charge in [0.2, 0.25) is 0 Å². The van der Waals surface area contributed by atoms with Gasteiger partial charge in [-0.3, -0.25) is 0 Å². The summed E-state index contributed by atoms with van der Waals surface area (Å²) < 4.78 is 0. The molecule has 0 saturated carbocycles. The van der Waals surface area contributed by atoms with E-state index in [0.717, 1.165) is 27.1 Å². The number of hydrogen-bond donors (Lipinski definition) is 2. The number of thioether (sulfide) groups is 1. The predicted octanol–water partition coefficient (Wildman–Crippen LogP) is 4.94. The zero-order valence-electron chi connectivity index (χ0n) is 12.7. The van der Waals surface area contributed by atoms with Crippen molar-refractivity contribution in [1.82, 2.24) is 0 Å². The molecule has 2 rings (SSSR count). The second-order valence-corrected chi connectivity index (χ2v) is 5.81. The molecule has 0 spiro atoms. The number of phenolic OH excluding ortho intramolecular Hbond substituents is 2. The van der Waals surface area contributed by atoms with Gasteiger partial charge >= 0.3 is 0 Å². The van der Waals surface area contributed by atoms with Crippen LogP contribution in [0.5, 0.6) is 11.5 Å². The first-order chi connectivity index (χ1) is 10.6. The molecule has 22 heavy (non-hydrogen) atoms. The van der Waals surface area contributed by atoms with Crippen molar-refractivity contribution in [2.75, 3.05) is 6.26 Å². The number of phenols is 2. The summed E-state index contributed by atoms with van der Waals surface area (Å²) in [5.41, 5.74) is 3.64. The highest BCUT2D eigenvalue weighted by molar-refractivity contribution is 7.98. The Kier molecular flexibility index (Phi) is 5.34. The summed E-state index contributed by atoms with van der Waals surface area (Å²) in [6, 6.07) is 8.85. The van der Waals surface area contributed by atoms with Gasteiger partial charge in [-0.05, 0) is 48.4 Å². The van der Waals surface area contributed by atoms with Crippen molar-refractivity contribution in [3.05, 3.63) is 66.8 Å². The molecule has 0 aliphatic heterocycles. The van der Waals surface area contributed by atoms with Crippen molar-refractivity contribution in [3.63, 3.8) is 0 Å². The van der Waals surface area contributed by atoms with Gasteiger partial charge in [-0.1, -0.05) is 24.3 Å². The maximum atomic E-state index is 10.7. The molecule has 0 bridgehead atoms. The van der Waals surface area contributed by atoms with Crippen LogP contribution < -0.4 is 0 Å². The summed E-state index contributed by atoms with van der Waals surface area (Å²) in [6.45, 7) is 7.60. The second-order valence-electron chi connectivity index (χ2n) is 4.96. The van der Waals surface area contributed by atoms with Gasteiger partial charge in [0.1, 0.15) is 11.5 Å². The Balaban J connectivity index is 2.69. The minimum absolute atomic E-state index is 0.211. The zero-order chi connectivity index (χ0) is 16.1. The van der Waals surface area contributed by atoms with Crippen molar-refractivity contribution in [2.45, 2.75) is 17.7 Å². The lowest BCUT2D eigenvalue weighted by molar-refractivity contribution is 0.469. The summed E-state index contributed by atoms with van der Waals surface area (Å²) in [5, 5.41) is 20.2. The first-order valence-electron chi connectivity index (χ1n) is 7.05. The Bertz CT molecular complexity index is 688. The van der Waals surface area contributed by atoms with Crippen LogP contribution in [0.4, 0.5) is 0 Å². The molecule has 3 heteroatoms. The Labute approximate surface area is 135 Å². The van der Waals surface area contributed by atoms with Crippen molar-refractivity contribution in [1.29, 1.82) is 0 Å². The van der Waals surface area contributed by atoms with Crippen LogP contribution in [0, 0.1) is 0 Å². The SMILES string of the molecule is C=CCc1c(SC)cc(-c2ccc(O)cc2)c(O)c1CC=C. The normalized spacial score (nSPS) is 10.4. The smallest absolute Gasteiger partial charge is 0.127 e. The molecular weight excluding hydrogens is 292 g/mol. The largest absolute Gasteiger partial charge is 0.508 e. The molecule has 2 nitrogen and oxygen atoms in total. The minimum Gasteiger partial charge on any atom is -0.508 e. The Hall–Kier alpha value is -2.13. The molecule has 2 aromatic rings. The summed E-state index contributed by atoms with van der Waals surface area (Å²) in [7, 11) is 0. The predicted molar refractivity (Wildman–Crippen MR) is 94.8 cm³/mol. The van der Waals surface area contributed by atoms with Gasteiger partial charge in [0.15, 0.2) is 0 Å². The second kappa shape index (κ2) is 7.23. The van der Waals surface area contributed by atoms with Crippen LogP contribution in [-0.2, 0) is 12.8 Å². The van der Waals surface area contributed by atoms with Gasteiger partial charge in [-0.2, -0.15) is 0 Å². The highest BCUT2D eigenvalue weighted by Crippen LogP contribution is 2.40. The number of aromatic hydroxyl groups is 2. The Morgan fingerprint density at radius 3 is 2.14 bits per heavy atom. The van der Waals surface area contributed by atoms with E-state index < -0.39 is 0 Å². The third-order valence-corrected chi connectivity index (χ3v) is 4.38. The molecule has 0 unspecified atom stereocenters. The van der Waals surface area contributed by atoms with Crippen LogP contribution in [0.1, 0.15) is 11.1 Å². The molecule has 0 aliphatic carbocycles. The zero-order valence-corrected chi connectivity index (χ0v) is 13.5. The molecule has 0 saturated heterocycles. The maximum absolute atomic E-state index is 10.7. The average molecular weight is 312 g/mol. The molecule has 0 fully saturated rings. The third kappa shape index (κ3) is 3.20. The van der Waals surface area contributed by atoms with Gasteiger partial charge in [-0.15, -0.1) is 24.9 Å². The van der Waals surface area contributed by atoms with E-state index in [1.807, 2.05) is 18.4 Å². The molecule has 2 N–H and O–H groups in total. The third-order valence-electron chi connectivity index (χ3n) is 3.57. The van der Waals surface area contributed by atoms with Crippen LogP contribution in [0.2, 0.25) is 0 Å². The van der Waals surface area contributed by atoms with E-state index in [1.54, 1.807) is 42.1 Å². The molecule has 0 heterocycles. The Morgan fingerprint density at radius 2 is 1.59 bits per heavy atom. The molecule has 114 valence electrons. The van der Waals surface area contributed by atoms with E-state index in [9.17, 15) is 10.2 Å². The summed E-state index contributed by atoms with van der Waals surface area (Å²) in [4.78, 5) is 1.12. The van der Waals surface area contributed by atoms with Crippen LogP contribution in [0.3, 0.4) is 0 Å². The monoisotopic (exact) mass is 312 g/mol. The van der Waals surface area contributed by atoms with Crippen LogP contribution in [-0.4, -0.2) is 16.5 Å². The van der Waals surface area contributed by atoms with Crippen molar-refractivity contribution in [3.8, 4) is 22.6 Å². The molecule has 0 amide bonds. The van der Waals surface area contributed by atoms with Crippen LogP contribution in [0.15, 0.2) is 60.5 Å². The minimum atomic E-state index is 0.211. The van der Waals surface area contributed by atoms with E-state index in [1.165, 1.54) is 0 Å². The molecule has 0 aromatic heterocycles. The van der Waals surface area contributed by atoms with E-state index in [2.05, 4.69) is 13.2 Å². The van der Waals surface area contributed by atoms with Crippen molar-refractivity contribution < 1.29 is 10.2 Å². The average Bonchev–Trinajstić information content (AvgIpc) is 2.52. The highest BCUT2D eigenvalue weighted by atomic mass is 32.2. The van der Waals surface area contributed by atoms with Crippen LogP contribution in [0.25, 0.3) is 11.1 Å². The number of allylic oxidation sites excluding steroid dienone is 2. The topological polar surface area (TPSA) is 40.5 Å². The summed E-state index contributed by atoms with van der Waals surface area (Å²) in [5.74, 6) is 0.489. The lowest BCUT2D eigenvalue weighted by Crippen LogP contribution is -1.98. The number of benzene rings is 2. The summed E-state index contributed by atoms with van der Waals surface area (Å²) in [6.07, 6.45) is 6.99. The van der Waals surface area contributed by atoms with Gasteiger partial charge in [-0.25, -0.2) is 0 Å². The van der Waals surface area contributed by atoms with E-state index in [0.29, 0.717) is 12.8 Å². The molecule has 0 aliphatic rings. The molecule has 2 aromatic carbocycles. The lowest BCUT2D eigenvalue weighted by Gasteiger charge is -2.17. The quantitative estimate of drug-likeness (QED) is 0.586. The fourth-order valence-electron chi connectivity index (χ4n) is 2.52. The fraction of sp³-hybridized carbons (Fsp3) is 0.158. The first-order valence-corrected chi connectivity index (χ1v) is 8.27. The summed E-state index contributed by atoms with van der Waals surface area (Å²) >= 11 is 1.65. The van der Waals surface area contributed by atoms with E-state index in [-0.39, 0.29) is 11.5 Å². The molecule has 0 radical (unpaired) electrons. The molecular formula is C19H20O2S. The van der Waals surface area contributed by atoms with E-state index in [4.69, 9.17) is 0 Å². The Morgan fingerprint density at radius 1 is 1.00 bits per heavy atom. The van der Waals surface area contributed by atoms with E-state index >= 15 is 0 Å². The van der Waals surface area contributed by atoms with Gasteiger partial charge in [0.05, 0.1) is 0 Å².